The molecule has 0 spiro atoms. The molecule has 2 heterocycles. The predicted molar refractivity (Wildman–Crippen MR) is 163 cm³/mol. The number of benzene rings is 2. The van der Waals surface area contributed by atoms with Crippen LogP contribution in [0.15, 0.2) is 36.4 Å². The number of halogens is 6. The molecule has 2 aromatic carbocycles. The average molecular weight is 687 g/mol. The quantitative estimate of drug-likeness (QED) is 0.139. The number of carbonyl (C=O) groups is 4. The third-order valence-corrected chi connectivity index (χ3v) is 16.2. The first-order valence-corrected chi connectivity index (χ1v) is 21.1. The number of unbranched alkanes of at least 4 members (excludes halogenated alkanes) is 1. The van der Waals surface area contributed by atoms with Gasteiger partial charge in [0.1, 0.15) is 0 Å². The van der Waals surface area contributed by atoms with Crippen molar-refractivity contribution in [2.45, 2.75) is 82.2 Å². The van der Waals surface area contributed by atoms with Crippen LogP contribution < -0.4 is 0 Å². The second-order valence-electron chi connectivity index (χ2n) is 13.0. The normalized spacial score (nSPS) is 16.1. The summed E-state index contributed by atoms with van der Waals surface area (Å²) in [6.45, 7) is 10.4. The molecule has 250 valence electrons. The summed E-state index contributed by atoms with van der Waals surface area (Å²) in [5.74, 6) is -3.71. The molecule has 4 amide bonds. The van der Waals surface area contributed by atoms with Gasteiger partial charge in [0.2, 0.25) is 5.41 Å². The fourth-order valence-electron chi connectivity index (χ4n) is 6.42. The molecule has 0 aromatic heterocycles. The van der Waals surface area contributed by atoms with E-state index in [1.165, 1.54) is 0 Å². The molecule has 2 aliphatic heterocycles. The second-order valence-corrected chi connectivity index (χ2v) is 21.9. The van der Waals surface area contributed by atoms with Crippen molar-refractivity contribution < 1.29 is 49.6 Å². The number of alkyl halides is 6. The molecular weight excluding hydrogens is 651 g/mol. The number of hydrogen-bond donors (Lipinski definition) is 0. The molecule has 0 unspecified atom stereocenters. The number of amides is 4. The van der Waals surface area contributed by atoms with Crippen LogP contribution in [0.2, 0.25) is 38.3 Å². The summed E-state index contributed by atoms with van der Waals surface area (Å²) in [6.07, 6.45) is -9.57. The molecular formula is C31H36F6N2O5Si2. The van der Waals surface area contributed by atoms with E-state index in [4.69, 9.17) is 4.12 Å². The van der Waals surface area contributed by atoms with Gasteiger partial charge in [-0.05, 0) is 80.1 Å². The smallest absolute Gasteiger partial charge is 0.411 e. The van der Waals surface area contributed by atoms with E-state index in [9.17, 15) is 45.5 Å². The monoisotopic (exact) mass is 686 g/mol. The summed E-state index contributed by atoms with van der Waals surface area (Å²) in [5, 5.41) is 0. The molecule has 0 bridgehead atoms. The van der Waals surface area contributed by atoms with Crippen molar-refractivity contribution in [2.24, 2.45) is 0 Å². The largest absolute Gasteiger partial charge is 0.455 e. The third-order valence-electron chi connectivity index (χ3n) is 8.62. The van der Waals surface area contributed by atoms with E-state index in [-0.39, 0.29) is 17.7 Å². The van der Waals surface area contributed by atoms with Gasteiger partial charge in [-0.15, -0.1) is 0 Å². The van der Waals surface area contributed by atoms with Crippen LogP contribution in [-0.4, -0.2) is 76.0 Å². The Labute approximate surface area is 265 Å². The van der Waals surface area contributed by atoms with Crippen LogP contribution in [-0.2, 0) is 9.53 Å². The van der Waals surface area contributed by atoms with Crippen LogP contribution in [0.25, 0.3) is 0 Å². The van der Waals surface area contributed by atoms with Gasteiger partial charge in [0.25, 0.3) is 23.6 Å². The SMILES string of the molecule is CCCC[Si](C)(C)O[Si](C)(C)CCCN1C(=O)c2ccc(C(c3ccc4c(c3)C(=O)N(C)C4=O)(C(F)(F)F)C(F)(F)F)cc2C1=O. The van der Waals surface area contributed by atoms with E-state index in [2.05, 4.69) is 20.0 Å². The highest BCUT2D eigenvalue weighted by molar-refractivity contribution is 6.84. The summed E-state index contributed by atoms with van der Waals surface area (Å²) in [6, 6.07) is 5.08. The Kier molecular flexibility index (Phi) is 9.31. The molecule has 46 heavy (non-hydrogen) atoms. The van der Waals surface area contributed by atoms with Gasteiger partial charge < -0.3 is 4.12 Å². The molecule has 4 rings (SSSR count). The Morgan fingerprint density at radius 3 is 1.54 bits per heavy atom. The number of imide groups is 2. The third kappa shape index (κ3) is 6.08. The summed E-state index contributed by atoms with van der Waals surface area (Å²) < 4.78 is 95.7. The summed E-state index contributed by atoms with van der Waals surface area (Å²) >= 11 is 0. The van der Waals surface area contributed by atoms with E-state index < -0.39 is 80.3 Å². The zero-order valence-electron chi connectivity index (χ0n) is 26.4. The van der Waals surface area contributed by atoms with Crippen molar-refractivity contribution in [3.63, 3.8) is 0 Å². The van der Waals surface area contributed by atoms with Crippen molar-refractivity contribution in [3.8, 4) is 0 Å². The molecule has 2 aliphatic rings. The van der Waals surface area contributed by atoms with Crippen LogP contribution in [0.1, 0.15) is 78.7 Å². The number of rotatable bonds is 11. The highest BCUT2D eigenvalue weighted by Gasteiger charge is 2.73. The topological polar surface area (TPSA) is 84.0 Å². The molecule has 0 atom stereocenters. The summed E-state index contributed by atoms with van der Waals surface area (Å²) in [7, 11) is -3.07. The summed E-state index contributed by atoms with van der Waals surface area (Å²) in [5.41, 5.74) is -9.20. The zero-order chi connectivity index (χ0) is 34.6. The maximum absolute atomic E-state index is 14.9. The molecule has 0 fully saturated rings. The number of fused-ring (bicyclic) bond motifs is 2. The Balaban J connectivity index is 1.68. The van der Waals surface area contributed by atoms with Gasteiger partial charge in [0, 0.05) is 13.6 Å². The molecule has 0 N–H and O–H groups in total. The highest BCUT2D eigenvalue weighted by atomic mass is 28.4. The minimum Gasteiger partial charge on any atom is -0.455 e. The van der Waals surface area contributed by atoms with Gasteiger partial charge in [0.05, 0.1) is 22.3 Å². The van der Waals surface area contributed by atoms with E-state index >= 15 is 0 Å². The van der Waals surface area contributed by atoms with E-state index in [1.54, 1.807) is 0 Å². The van der Waals surface area contributed by atoms with Crippen LogP contribution in [0, 0.1) is 0 Å². The van der Waals surface area contributed by atoms with Crippen molar-refractivity contribution in [2.75, 3.05) is 13.6 Å². The van der Waals surface area contributed by atoms with E-state index in [1.807, 2.05) is 13.1 Å². The Morgan fingerprint density at radius 1 is 0.652 bits per heavy atom. The van der Waals surface area contributed by atoms with E-state index in [0.717, 1.165) is 43.0 Å². The van der Waals surface area contributed by atoms with Crippen LogP contribution in [0.4, 0.5) is 26.3 Å². The highest BCUT2D eigenvalue weighted by Crippen LogP contribution is 2.57. The molecule has 0 saturated heterocycles. The Bertz CT molecular complexity index is 1570. The second kappa shape index (κ2) is 12.1. The van der Waals surface area contributed by atoms with Gasteiger partial charge in [-0.25, -0.2) is 0 Å². The lowest BCUT2D eigenvalue weighted by Gasteiger charge is -2.38. The number of nitrogens with zero attached hydrogens (tertiary/aromatic N) is 2. The van der Waals surface area contributed by atoms with Crippen molar-refractivity contribution >= 4 is 40.3 Å². The standard InChI is InChI=1S/C31H36F6N2O5Si2/c1-7-8-15-45(3,4)44-46(5,6)16-9-14-39-27(42)22-13-11-20(18-24(22)28(39)43)29(30(32,33)34,31(35,36)37)19-10-12-21-23(17-19)26(41)38(2)25(21)40/h10-13,17-18H,7-9,14-16H2,1-6H3. The lowest BCUT2D eigenvalue weighted by molar-refractivity contribution is -0.288. The van der Waals surface area contributed by atoms with Crippen LogP contribution >= 0.6 is 0 Å². The van der Waals surface area contributed by atoms with Crippen molar-refractivity contribution in [3.05, 3.63) is 69.8 Å². The Morgan fingerprint density at radius 2 is 1.07 bits per heavy atom. The predicted octanol–water partition coefficient (Wildman–Crippen LogP) is 7.54. The van der Waals surface area contributed by atoms with E-state index in [0.29, 0.717) is 41.6 Å². The van der Waals surface area contributed by atoms with Crippen LogP contribution in [0.5, 0.6) is 0 Å². The first kappa shape index (κ1) is 35.5. The zero-order valence-corrected chi connectivity index (χ0v) is 28.4. The van der Waals surface area contributed by atoms with Gasteiger partial charge in [-0.1, -0.05) is 31.9 Å². The van der Waals surface area contributed by atoms with Crippen LogP contribution in [0.3, 0.4) is 0 Å². The fourth-order valence-corrected chi connectivity index (χ4v) is 15.4. The molecule has 0 radical (unpaired) electrons. The number of carbonyl (C=O) groups excluding carboxylic acids is 4. The van der Waals surface area contributed by atoms with Crippen molar-refractivity contribution in [1.82, 2.24) is 9.80 Å². The first-order chi connectivity index (χ1) is 21.1. The maximum Gasteiger partial charge on any atom is 0.411 e. The molecule has 15 heteroatoms. The summed E-state index contributed by atoms with van der Waals surface area (Å²) in [4.78, 5) is 52.7. The van der Waals surface area contributed by atoms with Crippen molar-refractivity contribution in [1.29, 1.82) is 0 Å². The fraction of sp³-hybridized carbons (Fsp3) is 0.484. The van der Waals surface area contributed by atoms with Gasteiger partial charge in [-0.2, -0.15) is 26.3 Å². The number of hydrogen-bond acceptors (Lipinski definition) is 5. The lowest BCUT2D eigenvalue weighted by atomic mass is 9.71. The molecule has 0 saturated carbocycles. The lowest BCUT2D eigenvalue weighted by Crippen LogP contribution is -2.55. The van der Waals surface area contributed by atoms with Gasteiger partial charge >= 0.3 is 12.4 Å². The minimum atomic E-state index is -6.01. The molecule has 2 aromatic rings. The molecule has 0 aliphatic carbocycles. The first-order valence-electron chi connectivity index (χ1n) is 14.9. The average Bonchev–Trinajstić information content (AvgIpc) is 3.29. The maximum atomic E-state index is 14.9. The molecule has 7 nitrogen and oxygen atoms in total. The van der Waals surface area contributed by atoms with Gasteiger partial charge in [-0.3, -0.25) is 29.0 Å². The Hall–Kier alpha value is -3.31. The van der Waals surface area contributed by atoms with Gasteiger partial charge in [0.15, 0.2) is 16.6 Å². The minimum absolute atomic E-state index is 0.0728.